The molecule has 0 atom stereocenters. The molecule has 9 rings (SSSR count). The molecule has 0 saturated carbocycles. The summed E-state index contributed by atoms with van der Waals surface area (Å²) in [6.45, 7) is 49.3. The third-order valence-electron chi connectivity index (χ3n) is 14.8. The number of pyridine rings is 2. The molecule has 24 heteroatoms. The maximum atomic E-state index is 12.2. The summed E-state index contributed by atoms with van der Waals surface area (Å²) in [5.74, 6) is 9.24. The second-order valence-electron chi connectivity index (χ2n) is 34.9. The number of amides is 1. The molecule has 116 heavy (non-hydrogen) atoms. The van der Waals surface area contributed by atoms with Gasteiger partial charge in [0, 0.05) is 112 Å². The van der Waals surface area contributed by atoms with Crippen LogP contribution in [-0.4, -0.2) is 132 Å². The number of nitrogens with zero attached hydrogens (tertiary/aromatic N) is 4. The van der Waals surface area contributed by atoms with Crippen LogP contribution in [0.2, 0.25) is 0 Å². The summed E-state index contributed by atoms with van der Waals surface area (Å²) >= 11 is 1.88. The maximum Gasteiger partial charge on any atom is 0.321 e. The molecule has 0 aliphatic carbocycles. The number of methoxy groups -OCH3 is 9. The van der Waals surface area contributed by atoms with Crippen molar-refractivity contribution < 1.29 is 56.9 Å². The Morgan fingerprint density at radius 1 is 0.440 bits per heavy atom. The van der Waals surface area contributed by atoms with Gasteiger partial charge >= 0.3 is 6.01 Å². The first kappa shape index (κ1) is 101. The number of hydrogen-bond acceptors (Lipinski definition) is 23. The van der Waals surface area contributed by atoms with Gasteiger partial charge in [0.2, 0.25) is 11.8 Å². The Labute approximate surface area is 706 Å². The highest BCUT2D eigenvalue weighted by Gasteiger charge is 2.19. The standard InChI is InChI=1S/C16H19N3OS2.C14H17NO.2C13H21NO2.C13H20O3.C12H18OS.C11H19N3O2/c1-16(2,3)22-21-14-9-8-11(10-18-14)15(20)19-13-7-5-4-6-12(13)17;1-14(2,3)10-16-13-9-8-11-6-4-5-7-12(11)15-13;1-13(2,3)9-14-10-6-11(15-4)8-12(7-10)16-5;1-13(2,3)14-9-10-6-11(15-4)8-12(7-10)16-5;1-13(2,3)9-16-12-7-10(14-4)6-11(8-12)15-5;1-12(2,3)9-14-11-7-5-6-10(8-11)13-4;1-11(2,3)7-12-8-6-9(15-4)14-10(13-8)16-5/h4-10H,17H2,1-3H3,(H,19,20);4-9H,10H2,1-3H3;2*6-8,14H,9H2,1-5H3;6-8H,9H2,1-5H3;5-8H,9H2,1-4H3;6H,7H2,1-5H3,(H,12,13,14). The Morgan fingerprint density at radius 2 is 0.957 bits per heavy atom. The Balaban J connectivity index is 0.000000352. The summed E-state index contributed by atoms with van der Waals surface area (Å²) in [7, 11) is 18.0. The average Bonchev–Trinajstić information content (AvgIpc) is 0.838. The molecule has 0 unspecified atom stereocenters. The SMILES string of the molecule is CC(C)(C)COc1ccc2ccccc2n1.CC(C)(C)SSc1ccc(C(=O)Nc2ccccc2N)cn1.COc1cc(CNC(C)(C)C)cc(OC)c1.COc1cc(NCC(C)(C)C)cc(OC)c1.COc1cc(NCC(C)(C)C)nc(OC)n1.COc1cc(OC)cc(OCC(C)(C)C)c1.COc1cccc(SCC(C)(C)C)c1. The number of anilines is 4. The molecule has 9 aromatic rings. The topological polar surface area (TPSA) is 244 Å². The minimum Gasteiger partial charge on any atom is -0.497 e. The quantitative estimate of drug-likeness (QED) is 0.0203. The molecule has 6 aromatic carbocycles. The van der Waals surface area contributed by atoms with Crippen LogP contribution in [0.15, 0.2) is 174 Å². The van der Waals surface area contributed by atoms with Gasteiger partial charge in [0.25, 0.3) is 5.91 Å². The van der Waals surface area contributed by atoms with Gasteiger partial charge in [0.05, 0.1) is 99.7 Å². The molecule has 0 saturated heterocycles. The van der Waals surface area contributed by atoms with Gasteiger partial charge in [-0.05, 0) is 131 Å². The van der Waals surface area contributed by atoms with E-state index >= 15 is 0 Å². The number of rotatable bonds is 25. The molecular formula is C92H135N9O12S3. The lowest BCUT2D eigenvalue weighted by molar-refractivity contribution is 0.102. The van der Waals surface area contributed by atoms with Gasteiger partial charge in [-0.1, -0.05) is 172 Å². The van der Waals surface area contributed by atoms with E-state index in [-0.39, 0.29) is 37.9 Å². The van der Waals surface area contributed by atoms with E-state index in [4.69, 9.17) is 57.8 Å². The highest BCUT2D eigenvalue weighted by molar-refractivity contribution is 8.77. The van der Waals surface area contributed by atoms with Gasteiger partial charge in [-0.2, -0.15) is 9.97 Å². The smallest absolute Gasteiger partial charge is 0.321 e. The minimum absolute atomic E-state index is 0.107. The number of nitrogen functional groups attached to an aromatic ring is 1. The van der Waals surface area contributed by atoms with Gasteiger partial charge < -0.3 is 79.1 Å². The highest BCUT2D eigenvalue weighted by Crippen LogP contribution is 2.40. The van der Waals surface area contributed by atoms with Gasteiger partial charge in [-0.3, -0.25) is 4.79 Å². The first-order valence-corrected chi connectivity index (χ1v) is 41.6. The number of aromatic nitrogens is 4. The highest BCUT2D eigenvalue weighted by atomic mass is 33.1. The number of carbonyl (C=O) groups is 1. The lowest BCUT2D eigenvalue weighted by atomic mass is 9.97. The van der Waals surface area contributed by atoms with Gasteiger partial charge in [-0.15, -0.1) is 11.8 Å². The molecule has 1 amide bonds. The van der Waals surface area contributed by atoms with Gasteiger partial charge in [0.1, 0.15) is 56.8 Å². The van der Waals surface area contributed by atoms with Crippen molar-refractivity contribution in [3.8, 4) is 63.8 Å². The number of thioether (sulfide) groups is 1. The lowest BCUT2D eigenvalue weighted by Crippen LogP contribution is -2.35. The van der Waals surface area contributed by atoms with Crippen molar-refractivity contribution in [1.82, 2.24) is 25.3 Å². The van der Waals surface area contributed by atoms with E-state index in [0.717, 1.165) is 98.6 Å². The second-order valence-corrected chi connectivity index (χ2v) is 38.9. The summed E-state index contributed by atoms with van der Waals surface area (Å²) in [5.41, 5.74) is 11.8. The zero-order chi connectivity index (χ0) is 87.1. The fourth-order valence-electron chi connectivity index (χ4n) is 8.77. The number of ether oxygens (including phenoxy) is 11. The number of nitrogens with two attached hydrogens (primary N) is 1. The molecule has 0 radical (unpaired) electrons. The fraction of sp³-hybridized carbons (Fsp3) is 0.467. The molecule has 21 nitrogen and oxygen atoms in total. The molecule has 6 N–H and O–H groups in total. The number of nitrogens with one attached hydrogen (secondary N) is 4. The van der Waals surface area contributed by atoms with E-state index in [2.05, 4.69) is 205 Å². The normalized spacial score (nSPS) is 11.3. The third-order valence-corrected chi connectivity index (χ3v) is 19.7. The maximum absolute atomic E-state index is 12.2. The third kappa shape index (κ3) is 45.2. The number of fused-ring (bicyclic) bond motifs is 1. The largest absolute Gasteiger partial charge is 0.497 e. The van der Waals surface area contributed by atoms with Crippen molar-refractivity contribution >= 4 is 73.0 Å². The summed E-state index contributed by atoms with van der Waals surface area (Å²) in [6.07, 6.45) is 1.58. The fourth-order valence-corrected chi connectivity index (χ4v) is 11.6. The van der Waals surface area contributed by atoms with Gasteiger partial charge in [-0.25, -0.2) is 9.97 Å². The predicted molar refractivity (Wildman–Crippen MR) is 487 cm³/mol. The van der Waals surface area contributed by atoms with E-state index in [1.807, 2.05) is 127 Å². The summed E-state index contributed by atoms with van der Waals surface area (Å²) in [5, 5.41) is 14.8. The number of benzene rings is 6. The molecule has 638 valence electrons. The first-order valence-electron chi connectivity index (χ1n) is 38.4. The monoisotopic (exact) mass is 1650 g/mol. The van der Waals surface area contributed by atoms with Crippen LogP contribution in [0.3, 0.4) is 0 Å². The van der Waals surface area contributed by atoms with Crippen molar-refractivity contribution in [1.29, 1.82) is 0 Å². The van der Waals surface area contributed by atoms with Crippen LogP contribution < -0.4 is 79.1 Å². The molecule has 0 aliphatic rings. The molecule has 3 aromatic heterocycles. The minimum atomic E-state index is -0.217. The van der Waals surface area contributed by atoms with E-state index < -0.39 is 0 Å². The van der Waals surface area contributed by atoms with Crippen LogP contribution in [0, 0.1) is 27.1 Å². The zero-order valence-electron chi connectivity index (χ0n) is 74.8. The van der Waals surface area contributed by atoms with E-state index in [1.165, 1.54) is 12.0 Å². The van der Waals surface area contributed by atoms with Crippen LogP contribution in [0.4, 0.5) is 22.9 Å². The number of hydrogen-bond donors (Lipinski definition) is 5. The Hall–Kier alpha value is -9.36. The molecule has 0 aliphatic heterocycles. The first-order chi connectivity index (χ1) is 54.2. The van der Waals surface area contributed by atoms with Crippen molar-refractivity contribution in [2.75, 3.05) is 118 Å². The van der Waals surface area contributed by atoms with Crippen molar-refractivity contribution in [2.24, 2.45) is 27.1 Å². The predicted octanol–water partition coefficient (Wildman–Crippen LogP) is 22.8. The van der Waals surface area contributed by atoms with Gasteiger partial charge in [0.15, 0.2) is 0 Å². The van der Waals surface area contributed by atoms with E-state index in [9.17, 15) is 4.79 Å². The van der Waals surface area contributed by atoms with Crippen molar-refractivity contribution in [3.05, 3.63) is 175 Å². The Morgan fingerprint density at radius 3 is 1.45 bits per heavy atom. The van der Waals surface area contributed by atoms with Crippen LogP contribution >= 0.6 is 33.3 Å². The molecule has 3 heterocycles. The zero-order valence-corrected chi connectivity index (χ0v) is 77.3. The molecular weight excluding hydrogens is 1520 g/mol. The summed E-state index contributed by atoms with van der Waals surface area (Å²) in [4.78, 5) is 30.4. The van der Waals surface area contributed by atoms with Crippen molar-refractivity contribution in [3.63, 3.8) is 0 Å². The van der Waals surface area contributed by atoms with E-state index in [1.54, 1.807) is 109 Å². The summed E-state index contributed by atoms with van der Waals surface area (Å²) < 4.78 is 57.9. The van der Waals surface area contributed by atoms with Crippen LogP contribution in [0.5, 0.6) is 63.8 Å². The molecule has 0 spiro atoms. The Kier molecular flexibility index (Phi) is 42.6. The molecule has 0 bridgehead atoms. The van der Waals surface area contributed by atoms with Crippen LogP contribution in [0.1, 0.15) is 161 Å². The number of carbonyl (C=O) groups excluding carboxylic acids is 1. The Bertz CT molecular complexity index is 3970. The second kappa shape index (κ2) is 49.0. The van der Waals surface area contributed by atoms with Crippen molar-refractivity contribution in [2.45, 2.75) is 172 Å². The average molecular weight is 1660 g/mol. The van der Waals surface area contributed by atoms with Crippen LogP contribution in [-0.2, 0) is 6.54 Å². The number of para-hydroxylation sites is 3. The van der Waals surface area contributed by atoms with Crippen LogP contribution in [0.25, 0.3) is 10.9 Å². The molecule has 0 fully saturated rings. The summed E-state index contributed by atoms with van der Waals surface area (Å²) in [6, 6.07) is 50.3. The van der Waals surface area contributed by atoms with E-state index in [0.29, 0.717) is 59.2 Å². The lowest BCUT2D eigenvalue weighted by Gasteiger charge is -2.21.